The second kappa shape index (κ2) is 10.3. The van der Waals surface area contributed by atoms with Gasteiger partial charge in [0, 0.05) is 22.7 Å². The third-order valence-corrected chi connectivity index (χ3v) is 5.51. The molecule has 0 saturated carbocycles. The minimum atomic E-state index is -0.115. The zero-order valence-corrected chi connectivity index (χ0v) is 19.3. The average molecular weight is 461 g/mol. The number of carbonyl (C=O) groups is 1. The number of aromatic nitrogens is 3. The first-order valence-electron chi connectivity index (χ1n) is 10.7. The molecule has 1 aromatic heterocycles. The van der Waals surface area contributed by atoms with Crippen molar-refractivity contribution in [3.63, 3.8) is 0 Å². The molecule has 0 aliphatic carbocycles. The van der Waals surface area contributed by atoms with Crippen molar-refractivity contribution in [3.8, 4) is 22.8 Å². The predicted molar refractivity (Wildman–Crippen MR) is 130 cm³/mol. The molecule has 0 aliphatic rings. The van der Waals surface area contributed by atoms with Gasteiger partial charge in [-0.3, -0.25) is 4.79 Å². The van der Waals surface area contributed by atoms with Crippen LogP contribution in [0.3, 0.4) is 0 Å². The van der Waals surface area contributed by atoms with Gasteiger partial charge >= 0.3 is 0 Å². The maximum atomic E-state index is 12.7. The normalized spacial score (nSPS) is 10.8. The lowest BCUT2D eigenvalue weighted by molar-refractivity contribution is 0.0953. The molecule has 0 fully saturated rings. The largest absolute Gasteiger partial charge is 0.497 e. The smallest absolute Gasteiger partial charge is 0.251 e. The number of aryl methyl sites for hydroxylation is 2. The lowest BCUT2D eigenvalue weighted by Crippen LogP contribution is -2.24. The SMILES string of the molecule is COc1ccc(-c2nc(C)nn2-c2cccc(C(=O)NCCCc3ccc(Cl)cc3)c2)cc1. The summed E-state index contributed by atoms with van der Waals surface area (Å²) >= 11 is 5.93. The molecule has 1 heterocycles. The molecule has 0 unspecified atom stereocenters. The lowest BCUT2D eigenvalue weighted by Gasteiger charge is -2.10. The van der Waals surface area contributed by atoms with Crippen LogP contribution in [0.4, 0.5) is 0 Å². The second-order valence-electron chi connectivity index (χ2n) is 7.66. The highest BCUT2D eigenvalue weighted by Gasteiger charge is 2.14. The van der Waals surface area contributed by atoms with Gasteiger partial charge in [0.2, 0.25) is 0 Å². The molecule has 0 spiro atoms. The Morgan fingerprint density at radius 1 is 1.06 bits per heavy atom. The molecule has 1 N–H and O–H groups in total. The van der Waals surface area contributed by atoms with E-state index in [0.29, 0.717) is 23.8 Å². The number of carbonyl (C=O) groups excluding carboxylic acids is 1. The van der Waals surface area contributed by atoms with Gasteiger partial charge in [-0.15, -0.1) is 0 Å². The van der Waals surface area contributed by atoms with Gasteiger partial charge in [0.05, 0.1) is 12.8 Å². The first-order chi connectivity index (χ1) is 16.0. The Labute approximate surface area is 198 Å². The van der Waals surface area contributed by atoms with Crippen LogP contribution in [0.2, 0.25) is 5.02 Å². The number of nitrogens with zero attached hydrogens (tertiary/aromatic N) is 3. The number of nitrogens with one attached hydrogen (secondary N) is 1. The van der Waals surface area contributed by atoms with Crippen molar-refractivity contribution in [2.45, 2.75) is 19.8 Å². The Morgan fingerprint density at radius 2 is 1.82 bits per heavy atom. The lowest BCUT2D eigenvalue weighted by atomic mass is 10.1. The fraction of sp³-hybridized carbons (Fsp3) is 0.192. The van der Waals surface area contributed by atoms with Crippen LogP contribution in [-0.2, 0) is 6.42 Å². The predicted octanol–water partition coefficient (Wildman–Crippen LogP) is 5.27. The molecule has 33 heavy (non-hydrogen) atoms. The van der Waals surface area contributed by atoms with Crippen molar-refractivity contribution in [1.29, 1.82) is 0 Å². The summed E-state index contributed by atoms with van der Waals surface area (Å²) in [7, 11) is 1.63. The van der Waals surface area contributed by atoms with Crippen molar-refractivity contribution in [3.05, 3.63) is 94.8 Å². The van der Waals surface area contributed by atoms with E-state index in [1.54, 1.807) is 17.9 Å². The van der Waals surface area contributed by atoms with Crippen LogP contribution in [0.15, 0.2) is 72.8 Å². The van der Waals surface area contributed by atoms with Crippen molar-refractivity contribution in [1.82, 2.24) is 20.1 Å². The fourth-order valence-corrected chi connectivity index (χ4v) is 3.67. The molecule has 0 saturated heterocycles. The third kappa shape index (κ3) is 5.59. The van der Waals surface area contributed by atoms with Gasteiger partial charge in [0.1, 0.15) is 11.6 Å². The summed E-state index contributed by atoms with van der Waals surface area (Å²) in [5.41, 5.74) is 3.46. The summed E-state index contributed by atoms with van der Waals surface area (Å²) in [4.78, 5) is 17.3. The van der Waals surface area contributed by atoms with Crippen LogP contribution >= 0.6 is 11.6 Å². The monoisotopic (exact) mass is 460 g/mol. The first kappa shape index (κ1) is 22.6. The van der Waals surface area contributed by atoms with Crippen molar-refractivity contribution in [2.24, 2.45) is 0 Å². The van der Waals surface area contributed by atoms with E-state index in [0.717, 1.165) is 34.9 Å². The molecular formula is C26H25ClN4O2. The van der Waals surface area contributed by atoms with Gasteiger partial charge in [-0.1, -0.05) is 29.8 Å². The highest BCUT2D eigenvalue weighted by molar-refractivity contribution is 6.30. The Bertz CT molecular complexity index is 1230. The van der Waals surface area contributed by atoms with Crippen molar-refractivity contribution < 1.29 is 9.53 Å². The Hall–Kier alpha value is -3.64. The molecule has 7 heteroatoms. The number of amides is 1. The van der Waals surface area contributed by atoms with Gasteiger partial charge in [0.25, 0.3) is 5.91 Å². The molecule has 0 aliphatic heterocycles. The van der Waals surface area contributed by atoms with Crippen LogP contribution in [0.5, 0.6) is 5.75 Å². The summed E-state index contributed by atoms with van der Waals surface area (Å²) in [5.74, 6) is 2.01. The topological polar surface area (TPSA) is 69.0 Å². The molecule has 0 radical (unpaired) electrons. The molecule has 3 aromatic carbocycles. The molecule has 0 atom stereocenters. The maximum absolute atomic E-state index is 12.7. The number of benzene rings is 3. The summed E-state index contributed by atoms with van der Waals surface area (Å²) in [5, 5.41) is 8.27. The van der Waals surface area contributed by atoms with E-state index in [1.165, 1.54) is 5.56 Å². The summed E-state index contributed by atoms with van der Waals surface area (Å²) in [6.45, 7) is 2.44. The third-order valence-electron chi connectivity index (χ3n) is 5.26. The minimum absolute atomic E-state index is 0.115. The van der Waals surface area contributed by atoms with E-state index >= 15 is 0 Å². The summed E-state index contributed by atoms with van der Waals surface area (Å²) in [6, 6.07) is 22.8. The Morgan fingerprint density at radius 3 is 2.55 bits per heavy atom. The zero-order chi connectivity index (χ0) is 23.2. The molecule has 0 bridgehead atoms. The second-order valence-corrected chi connectivity index (χ2v) is 8.10. The van der Waals surface area contributed by atoms with Gasteiger partial charge in [-0.05, 0) is 79.9 Å². The van der Waals surface area contributed by atoms with E-state index in [-0.39, 0.29) is 5.91 Å². The van der Waals surface area contributed by atoms with E-state index < -0.39 is 0 Å². The highest BCUT2D eigenvalue weighted by Crippen LogP contribution is 2.24. The van der Waals surface area contributed by atoms with Gasteiger partial charge in [-0.25, -0.2) is 9.67 Å². The van der Waals surface area contributed by atoms with Crippen LogP contribution in [-0.4, -0.2) is 34.3 Å². The quantitative estimate of drug-likeness (QED) is 0.364. The van der Waals surface area contributed by atoms with Crippen LogP contribution in [0.25, 0.3) is 17.1 Å². The Balaban J connectivity index is 1.45. The van der Waals surface area contributed by atoms with Crippen molar-refractivity contribution >= 4 is 17.5 Å². The first-order valence-corrected chi connectivity index (χ1v) is 11.1. The number of rotatable bonds is 8. The van der Waals surface area contributed by atoms with E-state index in [9.17, 15) is 4.79 Å². The zero-order valence-electron chi connectivity index (χ0n) is 18.6. The molecular weight excluding hydrogens is 436 g/mol. The standard InChI is InChI=1S/C26H25ClN4O2/c1-18-29-25(20-10-14-24(33-2)15-11-20)31(30-18)23-7-3-6-21(17-23)26(32)28-16-4-5-19-8-12-22(27)13-9-19/h3,6-15,17H,4-5,16H2,1-2H3,(H,28,32). The highest BCUT2D eigenvalue weighted by atomic mass is 35.5. The Kier molecular flexibility index (Phi) is 7.05. The average Bonchev–Trinajstić information content (AvgIpc) is 3.24. The van der Waals surface area contributed by atoms with Gasteiger partial charge in [0.15, 0.2) is 5.82 Å². The minimum Gasteiger partial charge on any atom is -0.497 e. The summed E-state index contributed by atoms with van der Waals surface area (Å²) < 4.78 is 7.00. The van der Waals surface area contributed by atoms with Crippen LogP contribution < -0.4 is 10.1 Å². The number of hydrogen-bond acceptors (Lipinski definition) is 4. The van der Waals surface area contributed by atoms with Crippen molar-refractivity contribution in [2.75, 3.05) is 13.7 Å². The summed E-state index contributed by atoms with van der Waals surface area (Å²) in [6.07, 6.45) is 1.72. The molecule has 168 valence electrons. The maximum Gasteiger partial charge on any atom is 0.251 e. The number of methoxy groups -OCH3 is 1. The van der Waals surface area contributed by atoms with Gasteiger partial charge in [-0.2, -0.15) is 5.10 Å². The van der Waals surface area contributed by atoms with E-state index in [2.05, 4.69) is 15.4 Å². The van der Waals surface area contributed by atoms with Gasteiger partial charge < -0.3 is 10.1 Å². The van der Waals surface area contributed by atoms with Crippen LogP contribution in [0.1, 0.15) is 28.2 Å². The molecule has 4 rings (SSSR count). The molecule has 1 amide bonds. The molecule has 4 aromatic rings. The van der Waals surface area contributed by atoms with E-state index in [4.69, 9.17) is 16.3 Å². The molecule has 6 nitrogen and oxygen atoms in total. The van der Waals surface area contributed by atoms with E-state index in [1.807, 2.05) is 73.7 Å². The van der Waals surface area contributed by atoms with Crippen LogP contribution in [0, 0.1) is 6.92 Å². The fourth-order valence-electron chi connectivity index (χ4n) is 3.55. The number of hydrogen-bond donors (Lipinski definition) is 1. The number of ether oxygens (including phenoxy) is 1. The number of halogens is 1.